The number of carbonyl (C=O) groups is 1. The molecular formula is C17H22N4O2S. The summed E-state index contributed by atoms with van der Waals surface area (Å²) < 4.78 is 5.75. The van der Waals surface area contributed by atoms with Crippen LogP contribution in [-0.4, -0.2) is 48.3 Å². The summed E-state index contributed by atoms with van der Waals surface area (Å²) in [5.41, 5.74) is 1.29. The van der Waals surface area contributed by atoms with Gasteiger partial charge in [-0.15, -0.1) is 11.3 Å². The van der Waals surface area contributed by atoms with Crippen molar-refractivity contribution in [1.29, 1.82) is 0 Å². The topological polar surface area (TPSA) is 66.5 Å². The number of nitrogens with zero attached hydrogens (tertiary/aromatic N) is 2. The Morgan fingerprint density at radius 1 is 1.42 bits per heavy atom. The highest BCUT2D eigenvalue weighted by Gasteiger charge is 2.21. The van der Waals surface area contributed by atoms with Crippen LogP contribution in [0.25, 0.3) is 0 Å². The fourth-order valence-corrected chi connectivity index (χ4v) is 3.31. The molecule has 7 heteroatoms. The highest BCUT2D eigenvalue weighted by Crippen LogP contribution is 2.16. The van der Waals surface area contributed by atoms with Gasteiger partial charge in [-0.1, -0.05) is 30.3 Å². The van der Waals surface area contributed by atoms with Crippen molar-refractivity contribution in [2.75, 3.05) is 31.6 Å². The number of amides is 2. The zero-order valence-electron chi connectivity index (χ0n) is 13.7. The average Bonchev–Trinajstić information content (AvgIpc) is 2.99. The minimum Gasteiger partial charge on any atom is -0.374 e. The van der Waals surface area contributed by atoms with Crippen LogP contribution in [0.3, 0.4) is 0 Å². The van der Waals surface area contributed by atoms with Gasteiger partial charge in [0.25, 0.3) is 0 Å². The standard InChI is InChI=1S/C17H22N4O2S/c1-13-9-19-17(24-13)20-16(22)18-10-15-12-21(7-8-23-15)11-14-5-3-2-4-6-14/h2-6,9,15H,7-8,10-12H2,1H3,(H2,18,19,20,22). The number of hydrogen-bond acceptors (Lipinski definition) is 5. The highest BCUT2D eigenvalue weighted by molar-refractivity contribution is 7.15. The molecular weight excluding hydrogens is 324 g/mol. The summed E-state index contributed by atoms with van der Waals surface area (Å²) in [6.45, 7) is 5.76. The van der Waals surface area contributed by atoms with Crippen molar-refractivity contribution in [3.8, 4) is 0 Å². The molecule has 2 N–H and O–H groups in total. The van der Waals surface area contributed by atoms with E-state index in [1.54, 1.807) is 6.20 Å². The number of thiazole rings is 1. The lowest BCUT2D eigenvalue weighted by Crippen LogP contribution is -2.47. The molecule has 1 aromatic carbocycles. The number of benzene rings is 1. The lowest BCUT2D eigenvalue weighted by atomic mass is 10.2. The summed E-state index contributed by atoms with van der Waals surface area (Å²) in [6.07, 6.45) is 1.75. The minimum atomic E-state index is -0.242. The molecule has 6 nitrogen and oxygen atoms in total. The Morgan fingerprint density at radius 2 is 2.25 bits per heavy atom. The summed E-state index contributed by atoms with van der Waals surface area (Å²) in [7, 11) is 0. The smallest absolute Gasteiger partial charge is 0.321 e. The largest absolute Gasteiger partial charge is 0.374 e. The summed E-state index contributed by atoms with van der Waals surface area (Å²) in [6, 6.07) is 10.2. The number of nitrogens with one attached hydrogen (secondary N) is 2. The van der Waals surface area contributed by atoms with Gasteiger partial charge < -0.3 is 10.1 Å². The molecule has 2 heterocycles. The minimum absolute atomic E-state index is 0.00578. The molecule has 128 valence electrons. The van der Waals surface area contributed by atoms with Crippen LogP contribution in [-0.2, 0) is 11.3 Å². The maximum Gasteiger partial charge on any atom is 0.321 e. The molecule has 2 aromatic rings. The van der Waals surface area contributed by atoms with E-state index >= 15 is 0 Å². The molecule has 1 atom stereocenters. The average molecular weight is 346 g/mol. The maximum absolute atomic E-state index is 11.9. The van der Waals surface area contributed by atoms with Gasteiger partial charge in [0, 0.05) is 37.3 Å². The van der Waals surface area contributed by atoms with Gasteiger partial charge in [0.2, 0.25) is 0 Å². The third-order valence-corrected chi connectivity index (χ3v) is 4.63. The second-order valence-electron chi connectivity index (χ2n) is 5.82. The fraction of sp³-hybridized carbons (Fsp3) is 0.412. The van der Waals surface area contributed by atoms with Crippen LogP contribution in [0.5, 0.6) is 0 Å². The summed E-state index contributed by atoms with van der Waals surface area (Å²) in [4.78, 5) is 19.5. The molecule has 1 unspecified atom stereocenters. The Morgan fingerprint density at radius 3 is 3.00 bits per heavy atom. The lowest BCUT2D eigenvalue weighted by Gasteiger charge is -2.33. The van der Waals surface area contributed by atoms with E-state index in [2.05, 4.69) is 44.8 Å². The third kappa shape index (κ3) is 5.02. The molecule has 0 aliphatic carbocycles. The first-order valence-corrected chi connectivity index (χ1v) is 8.86. The number of aromatic nitrogens is 1. The monoisotopic (exact) mass is 346 g/mol. The second kappa shape index (κ2) is 8.23. The predicted molar refractivity (Wildman–Crippen MR) is 95.3 cm³/mol. The van der Waals surface area contributed by atoms with Crippen molar-refractivity contribution >= 4 is 22.5 Å². The zero-order chi connectivity index (χ0) is 16.8. The Kier molecular flexibility index (Phi) is 5.79. The number of morpholine rings is 1. The first-order chi connectivity index (χ1) is 11.7. The Bertz CT molecular complexity index is 662. The molecule has 0 saturated carbocycles. The number of carbonyl (C=O) groups excluding carboxylic acids is 1. The van der Waals surface area contributed by atoms with E-state index in [1.165, 1.54) is 16.9 Å². The van der Waals surface area contributed by atoms with E-state index in [-0.39, 0.29) is 12.1 Å². The molecule has 1 fully saturated rings. The molecule has 1 saturated heterocycles. The zero-order valence-corrected chi connectivity index (χ0v) is 14.5. The number of ether oxygens (including phenoxy) is 1. The lowest BCUT2D eigenvalue weighted by molar-refractivity contribution is -0.0285. The van der Waals surface area contributed by atoms with Gasteiger partial charge in [0.15, 0.2) is 5.13 Å². The van der Waals surface area contributed by atoms with Gasteiger partial charge in [0.05, 0.1) is 12.7 Å². The van der Waals surface area contributed by atoms with Crippen molar-refractivity contribution in [3.63, 3.8) is 0 Å². The number of hydrogen-bond donors (Lipinski definition) is 2. The first-order valence-electron chi connectivity index (χ1n) is 8.04. The SMILES string of the molecule is Cc1cnc(NC(=O)NCC2CN(Cc3ccccc3)CCO2)s1. The molecule has 0 spiro atoms. The molecule has 0 bridgehead atoms. The van der Waals surface area contributed by atoms with Crippen LogP contribution in [0, 0.1) is 6.92 Å². The quantitative estimate of drug-likeness (QED) is 0.873. The molecule has 24 heavy (non-hydrogen) atoms. The molecule has 1 aliphatic heterocycles. The van der Waals surface area contributed by atoms with Crippen LogP contribution in [0.15, 0.2) is 36.5 Å². The van der Waals surface area contributed by atoms with Gasteiger partial charge in [-0.25, -0.2) is 9.78 Å². The molecule has 2 amide bonds. The predicted octanol–water partition coefficient (Wildman–Crippen LogP) is 2.47. The van der Waals surface area contributed by atoms with Crippen molar-refractivity contribution < 1.29 is 9.53 Å². The maximum atomic E-state index is 11.9. The Labute approximate surface area is 145 Å². The van der Waals surface area contributed by atoms with Crippen molar-refractivity contribution in [3.05, 3.63) is 47.0 Å². The number of aryl methyl sites for hydroxylation is 1. The molecule has 1 aromatic heterocycles. The number of anilines is 1. The van der Waals surface area contributed by atoms with Gasteiger partial charge in [-0.05, 0) is 12.5 Å². The summed E-state index contributed by atoms with van der Waals surface area (Å²) >= 11 is 1.46. The van der Waals surface area contributed by atoms with Crippen molar-refractivity contribution in [2.45, 2.75) is 19.6 Å². The van der Waals surface area contributed by atoms with E-state index in [0.29, 0.717) is 18.3 Å². The Hall–Kier alpha value is -1.96. The number of rotatable bonds is 5. The Balaban J connectivity index is 1.42. The van der Waals surface area contributed by atoms with Crippen molar-refractivity contribution in [1.82, 2.24) is 15.2 Å². The van der Waals surface area contributed by atoms with Crippen LogP contribution < -0.4 is 10.6 Å². The van der Waals surface area contributed by atoms with Crippen molar-refractivity contribution in [2.24, 2.45) is 0 Å². The van der Waals surface area contributed by atoms with Gasteiger partial charge in [-0.3, -0.25) is 10.2 Å². The third-order valence-electron chi connectivity index (χ3n) is 3.80. The van der Waals surface area contributed by atoms with Crippen LogP contribution in [0.4, 0.5) is 9.93 Å². The van der Waals surface area contributed by atoms with E-state index in [9.17, 15) is 4.79 Å². The van der Waals surface area contributed by atoms with Crippen LogP contribution in [0.1, 0.15) is 10.4 Å². The highest BCUT2D eigenvalue weighted by atomic mass is 32.1. The van der Waals surface area contributed by atoms with E-state index in [1.807, 2.05) is 13.0 Å². The van der Waals surface area contributed by atoms with Crippen LogP contribution in [0.2, 0.25) is 0 Å². The number of urea groups is 1. The molecule has 1 aliphatic rings. The summed E-state index contributed by atoms with van der Waals surface area (Å²) in [5.74, 6) is 0. The van der Waals surface area contributed by atoms with Crippen LogP contribution >= 0.6 is 11.3 Å². The normalized spacial score (nSPS) is 18.3. The second-order valence-corrected chi connectivity index (χ2v) is 7.06. The fourth-order valence-electron chi connectivity index (χ4n) is 2.65. The van der Waals surface area contributed by atoms with Gasteiger partial charge in [-0.2, -0.15) is 0 Å². The summed E-state index contributed by atoms with van der Waals surface area (Å²) in [5, 5.41) is 6.21. The first kappa shape index (κ1) is 16.9. The van der Waals surface area contributed by atoms with E-state index in [4.69, 9.17) is 4.74 Å². The molecule has 3 rings (SSSR count). The van der Waals surface area contributed by atoms with Gasteiger partial charge in [0.1, 0.15) is 0 Å². The van der Waals surface area contributed by atoms with Gasteiger partial charge >= 0.3 is 6.03 Å². The molecule has 0 radical (unpaired) electrons. The van der Waals surface area contributed by atoms with E-state index in [0.717, 1.165) is 24.5 Å². The van der Waals surface area contributed by atoms with E-state index < -0.39 is 0 Å².